The van der Waals surface area contributed by atoms with Crippen molar-refractivity contribution in [3.63, 3.8) is 0 Å². The predicted molar refractivity (Wildman–Crippen MR) is 64.4 cm³/mol. The first-order valence-corrected chi connectivity index (χ1v) is 5.47. The highest BCUT2D eigenvalue weighted by Crippen LogP contribution is 2.24. The van der Waals surface area contributed by atoms with Crippen molar-refractivity contribution >= 4 is 0 Å². The molecule has 3 heteroatoms. The van der Waals surface area contributed by atoms with E-state index >= 15 is 0 Å². The van der Waals surface area contributed by atoms with Gasteiger partial charge in [0.1, 0.15) is 5.75 Å². The summed E-state index contributed by atoms with van der Waals surface area (Å²) in [6.07, 6.45) is 1.41. The lowest BCUT2D eigenvalue weighted by atomic mass is 10.00. The molecule has 0 heterocycles. The Morgan fingerprint density at radius 2 is 2.25 bits per heavy atom. The molecule has 0 aliphatic carbocycles. The van der Waals surface area contributed by atoms with E-state index in [0.29, 0.717) is 6.42 Å². The van der Waals surface area contributed by atoms with E-state index in [-0.39, 0.29) is 6.04 Å². The number of aryl methyl sites for hydroxylation is 1. The molecule has 1 N–H and O–H groups in total. The number of rotatable bonds is 5. The molecule has 0 fully saturated rings. The van der Waals surface area contributed by atoms with Crippen LogP contribution in [0.5, 0.6) is 5.75 Å². The van der Waals surface area contributed by atoms with Crippen molar-refractivity contribution in [1.29, 1.82) is 5.26 Å². The number of nitrogens with one attached hydrogen (secondary N) is 1. The Labute approximate surface area is 97.0 Å². The summed E-state index contributed by atoms with van der Waals surface area (Å²) in [5.41, 5.74) is 2.32. The van der Waals surface area contributed by atoms with Gasteiger partial charge in [-0.3, -0.25) is 0 Å². The summed E-state index contributed by atoms with van der Waals surface area (Å²) in [6, 6.07) is 8.37. The molecule has 0 radical (unpaired) electrons. The molecule has 3 nitrogen and oxygen atoms in total. The molecule has 1 aromatic carbocycles. The van der Waals surface area contributed by atoms with Crippen LogP contribution in [-0.2, 0) is 6.42 Å². The third-order valence-electron chi connectivity index (χ3n) is 2.73. The van der Waals surface area contributed by atoms with Crippen LogP contribution in [0.15, 0.2) is 18.2 Å². The van der Waals surface area contributed by atoms with Crippen LogP contribution in [0, 0.1) is 11.3 Å². The molecule has 0 bridgehead atoms. The number of methoxy groups -OCH3 is 1. The zero-order valence-corrected chi connectivity index (χ0v) is 10.1. The first kappa shape index (κ1) is 12.5. The topological polar surface area (TPSA) is 45.0 Å². The molecule has 0 aliphatic rings. The maximum absolute atomic E-state index is 8.74. The summed E-state index contributed by atoms with van der Waals surface area (Å²) in [6.45, 7) is 2.10. The van der Waals surface area contributed by atoms with E-state index in [1.807, 2.05) is 19.2 Å². The number of hydrogen-bond donors (Lipinski definition) is 1. The third kappa shape index (κ3) is 2.74. The third-order valence-corrected chi connectivity index (χ3v) is 2.73. The van der Waals surface area contributed by atoms with Gasteiger partial charge in [0.2, 0.25) is 0 Å². The van der Waals surface area contributed by atoms with Gasteiger partial charge in [-0.05, 0) is 30.7 Å². The van der Waals surface area contributed by atoms with Crippen LogP contribution in [0.3, 0.4) is 0 Å². The van der Waals surface area contributed by atoms with E-state index in [9.17, 15) is 0 Å². The standard InChI is InChI=1S/C13H18N2O/c1-4-10-9-11(5-6-13(10)16-3)12(15-2)7-8-14/h5-6,9,12,15H,4,7H2,1-3H3. The number of nitrogens with zero attached hydrogens (tertiary/aromatic N) is 1. The smallest absolute Gasteiger partial charge is 0.122 e. The van der Waals surface area contributed by atoms with Crippen LogP contribution >= 0.6 is 0 Å². The average molecular weight is 218 g/mol. The van der Waals surface area contributed by atoms with Crippen LogP contribution < -0.4 is 10.1 Å². The second-order valence-corrected chi connectivity index (χ2v) is 3.63. The van der Waals surface area contributed by atoms with Crippen molar-refractivity contribution in [2.75, 3.05) is 14.2 Å². The molecule has 0 saturated carbocycles. The van der Waals surface area contributed by atoms with Crippen molar-refractivity contribution in [1.82, 2.24) is 5.32 Å². The highest BCUT2D eigenvalue weighted by molar-refractivity contribution is 5.38. The SMILES string of the molecule is CCc1cc(C(CC#N)NC)ccc1OC. The van der Waals surface area contributed by atoms with Crippen LogP contribution in [0.1, 0.15) is 30.5 Å². The summed E-state index contributed by atoms with van der Waals surface area (Å²) in [5, 5.41) is 11.9. The molecule has 0 aliphatic heterocycles. The number of nitriles is 1. The van der Waals surface area contributed by atoms with Gasteiger partial charge in [0, 0.05) is 6.04 Å². The number of benzene rings is 1. The average Bonchev–Trinajstić information content (AvgIpc) is 2.35. The highest BCUT2D eigenvalue weighted by Gasteiger charge is 2.10. The predicted octanol–water partition coefficient (Wildman–Crippen LogP) is 2.43. The van der Waals surface area contributed by atoms with Crippen molar-refractivity contribution in [3.8, 4) is 11.8 Å². The first-order valence-electron chi connectivity index (χ1n) is 5.47. The lowest BCUT2D eigenvalue weighted by Gasteiger charge is -2.15. The molecular formula is C13H18N2O. The zero-order chi connectivity index (χ0) is 12.0. The molecule has 0 amide bonds. The van der Waals surface area contributed by atoms with Crippen molar-refractivity contribution in [2.45, 2.75) is 25.8 Å². The fourth-order valence-corrected chi connectivity index (χ4v) is 1.77. The van der Waals surface area contributed by atoms with Crippen LogP contribution in [0.2, 0.25) is 0 Å². The molecule has 0 spiro atoms. The molecule has 86 valence electrons. The van der Waals surface area contributed by atoms with Gasteiger partial charge in [-0.25, -0.2) is 0 Å². The van der Waals surface area contributed by atoms with E-state index in [1.54, 1.807) is 7.11 Å². The number of ether oxygens (including phenoxy) is 1. The van der Waals surface area contributed by atoms with Crippen molar-refractivity contribution in [3.05, 3.63) is 29.3 Å². The minimum absolute atomic E-state index is 0.0983. The van der Waals surface area contributed by atoms with E-state index in [1.165, 1.54) is 5.56 Å². The first-order chi connectivity index (χ1) is 7.76. The van der Waals surface area contributed by atoms with E-state index in [2.05, 4.69) is 24.4 Å². The fourth-order valence-electron chi connectivity index (χ4n) is 1.77. The maximum Gasteiger partial charge on any atom is 0.122 e. The Hall–Kier alpha value is -1.53. The summed E-state index contributed by atoms with van der Waals surface area (Å²) in [4.78, 5) is 0. The molecule has 1 aromatic rings. The lowest BCUT2D eigenvalue weighted by Crippen LogP contribution is -2.15. The molecular weight excluding hydrogens is 200 g/mol. The minimum Gasteiger partial charge on any atom is -0.496 e. The van der Waals surface area contributed by atoms with Gasteiger partial charge in [-0.1, -0.05) is 19.1 Å². The van der Waals surface area contributed by atoms with Gasteiger partial charge in [-0.15, -0.1) is 0 Å². The Kier molecular flexibility index (Phi) is 4.81. The van der Waals surface area contributed by atoms with Gasteiger partial charge < -0.3 is 10.1 Å². The number of hydrogen-bond acceptors (Lipinski definition) is 3. The monoisotopic (exact) mass is 218 g/mol. The second-order valence-electron chi connectivity index (χ2n) is 3.63. The lowest BCUT2D eigenvalue weighted by molar-refractivity contribution is 0.409. The van der Waals surface area contributed by atoms with Crippen LogP contribution in [-0.4, -0.2) is 14.2 Å². The summed E-state index contributed by atoms with van der Waals surface area (Å²) >= 11 is 0. The Morgan fingerprint density at radius 3 is 2.75 bits per heavy atom. The van der Waals surface area contributed by atoms with Crippen molar-refractivity contribution in [2.24, 2.45) is 0 Å². The molecule has 1 unspecified atom stereocenters. The Morgan fingerprint density at radius 1 is 1.50 bits per heavy atom. The second kappa shape index (κ2) is 6.14. The molecule has 0 aromatic heterocycles. The Balaban J connectivity index is 3.02. The highest BCUT2D eigenvalue weighted by atomic mass is 16.5. The van der Waals surface area contributed by atoms with E-state index in [0.717, 1.165) is 17.7 Å². The van der Waals surface area contributed by atoms with Crippen LogP contribution in [0.4, 0.5) is 0 Å². The molecule has 1 rings (SSSR count). The Bertz CT molecular complexity index is 382. The largest absolute Gasteiger partial charge is 0.496 e. The maximum atomic E-state index is 8.74. The zero-order valence-electron chi connectivity index (χ0n) is 10.1. The fraction of sp³-hybridized carbons (Fsp3) is 0.462. The minimum atomic E-state index is 0.0983. The van der Waals surface area contributed by atoms with E-state index in [4.69, 9.17) is 10.00 Å². The normalized spacial score (nSPS) is 11.9. The summed E-state index contributed by atoms with van der Waals surface area (Å²) in [7, 11) is 3.55. The summed E-state index contributed by atoms with van der Waals surface area (Å²) in [5.74, 6) is 0.915. The van der Waals surface area contributed by atoms with Gasteiger partial charge >= 0.3 is 0 Å². The molecule has 0 saturated heterocycles. The van der Waals surface area contributed by atoms with Crippen molar-refractivity contribution < 1.29 is 4.74 Å². The van der Waals surface area contributed by atoms with Gasteiger partial charge in [0.15, 0.2) is 0 Å². The van der Waals surface area contributed by atoms with Gasteiger partial charge in [-0.2, -0.15) is 5.26 Å². The van der Waals surface area contributed by atoms with Gasteiger partial charge in [0.25, 0.3) is 0 Å². The van der Waals surface area contributed by atoms with Crippen LogP contribution in [0.25, 0.3) is 0 Å². The molecule has 1 atom stereocenters. The van der Waals surface area contributed by atoms with E-state index < -0.39 is 0 Å². The quantitative estimate of drug-likeness (QED) is 0.825. The molecule has 16 heavy (non-hydrogen) atoms. The van der Waals surface area contributed by atoms with Gasteiger partial charge in [0.05, 0.1) is 19.6 Å². The summed E-state index contributed by atoms with van der Waals surface area (Å²) < 4.78 is 5.28.